The molecule has 0 aliphatic rings. The molecule has 21 heavy (non-hydrogen) atoms. The van der Waals surface area contributed by atoms with Crippen LogP contribution in [0.15, 0.2) is 54.6 Å². The Morgan fingerprint density at radius 2 is 1.86 bits per heavy atom. The molecule has 0 fully saturated rings. The molecule has 110 valence electrons. The van der Waals surface area contributed by atoms with Gasteiger partial charge in [0.05, 0.1) is 0 Å². The summed E-state index contributed by atoms with van der Waals surface area (Å²) in [4.78, 5) is 14.3. The lowest BCUT2D eigenvalue weighted by Gasteiger charge is -2.14. The molecule has 0 spiro atoms. The SMILES string of the molecule is CN(C)Cc1cccc(NC(=O)[C@@H](N)c2ccccc2)c1. The molecule has 0 saturated heterocycles. The normalized spacial score (nSPS) is 12.2. The van der Waals surface area contributed by atoms with Crippen molar-refractivity contribution in [2.45, 2.75) is 12.6 Å². The van der Waals surface area contributed by atoms with Gasteiger partial charge in [0.2, 0.25) is 5.91 Å². The zero-order valence-electron chi connectivity index (χ0n) is 12.4. The first kappa shape index (κ1) is 15.2. The number of benzene rings is 2. The van der Waals surface area contributed by atoms with E-state index in [-0.39, 0.29) is 5.91 Å². The van der Waals surface area contributed by atoms with E-state index in [4.69, 9.17) is 5.73 Å². The number of carbonyl (C=O) groups is 1. The van der Waals surface area contributed by atoms with E-state index < -0.39 is 6.04 Å². The summed E-state index contributed by atoms with van der Waals surface area (Å²) in [6.45, 7) is 0.828. The summed E-state index contributed by atoms with van der Waals surface area (Å²) in [5.41, 5.74) is 8.70. The summed E-state index contributed by atoms with van der Waals surface area (Å²) in [5.74, 6) is -0.205. The van der Waals surface area contributed by atoms with Gasteiger partial charge in [0.1, 0.15) is 6.04 Å². The maximum absolute atomic E-state index is 12.2. The molecule has 1 atom stereocenters. The predicted molar refractivity (Wildman–Crippen MR) is 85.8 cm³/mol. The lowest BCUT2D eigenvalue weighted by Crippen LogP contribution is -2.27. The van der Waals surface area contributed by atoms with Crippen LogP contribution in [0.2, 0.25) is 0 Å². The highest BCUT2D eigenvalue weighted by atomic mass is 16.2. The number of carbonyl (C=O) groups excluding carboxylic acids is 1. The minimum atomic E-state index is -0.663. The first-order valence-corrected chi connectivity index (χ1v) is 6.91. The number of hydrogen-bond acceptors (Lipinski definition) is 3. The molecular weight excluding hydrogens is 262 g/mol. The second kappa shape index (κ2) is 7.02. The molecule has 0 heterocycles. The van der Waals surface area contributed by atoms with Crippen LogP contribution in [0, 0.1) is 0 Å². The van der Waals surface area contributed by atoms with Crippen molar-refractivity contribution in [3.63, 3.8) is 0 Å². The van der Waals surface area contributed by atoms with E-state index in [1.807, 2.05) is 68.7 Å². The number of nitrogens with zero attached hydrogens (tertiary/aromatic N) is 1. The predicted octanol–water partition coefficient (Wildman–Crippen LogP) is 2.39. The molecule has 4 nitrogen and oxygen atoms in total. The number of nitrogens with one attached hydrogen (secondary N) is 1. The van der Waals surface area contributed by atoms with Gasteiger partial charge in [0.25, 0.3) is 0 Å². The number of rotatable bonds is 5. The van der Waals surface area contributed by atoms with Gasteiger partial charge >= 0.3 is 0 Å². The van der Waals surface area contributed by atoms with Crippen molar-refractivity contribution >= 4 is 11.6 Å². The van der Waals surface area contributed by atoms with Crippen LogP contribution in [0.25, 0.3) is 0 Å². The zero-order chi connectivity index (χ0) is 15.2. The summed E-state index contributed by atoms with van der Waals surface area (Å²) < 4.78 is 0. The third-order valence-corrected chi connectivity index (χ3v) is 3.13. The van der Waals surface area contributed by atoms with Gasteiger partial charge in [-0.05, 0) is 37.4 Å². The second-order valence-electron chi connectivity index (χ2n) is 5.32. The summed E-state index contributed by atoms with van der Waals surface area (Å²) in [5, 5.41) is 2.87. The molecule has 2 aromatic carbocycles. The minimum absolute atomic E-state index is 0.205. The largest absolute Gasteiger partial charge is 0.324 e. The molecule has 0 unspecified atom stereocenters. The molecule has 0 aliphatic heterocycles. The van der Waals surface area contributed by atoms with Gasteiger partial charge in [0.15, 0.2) is 0 Å². The molecule has 4 heteroatoms. The molecular formula is C17H21N3O. The van der Waals surface area contributed by atoms with Gasteiger partial charge in [-0.3, -0.25) is 4.79 Å². The Morgan fingerprint density at radius 1 is 1.14 bits per heavy atom. The van der Waals surface area contributed by atoms with Crippen molar-refractivity contribution in [2.75, 3.05) is 19.4 Å². The fraction of sp³-hybridized carbons (Fsp3) is 0.235. The molecule has 0 aliphatic carbocycles. The highest BCUT2D eigenvalue weighted by Crippen LogP contribution is 2.15. The van der Waals surface area contributed by atoms with Crippen LogP contribution < -0.4 is 11.1 Å². The zero-order valence-corrected chi connectivity index (χ0v) is 12.4. The summed E-state index contributed by atoms with van der Waals surface area (Å²) in [6.07, 6.45) is 0. The number of amides is 1. The Balaban J connectivity index is 2.06. The first-order valence-electron chi connectivity index (χ1n) is 6.91. The van der Waals surface area contributed by atoms with Crippen molar-refractivity contribution in [1.29, 1.82) is 0 Å². The molecule has 0 saturated carbocycles. The molecule has 0 radical (unpaired) electrons. The quantitative estimate of drug-likeness (QED) is 0.886. The fourth-order valence-electron chi connectivity index (χ4n) is 2.14. The molecule has 2 aromatic rings. The Morgan fingerprint density at radius 3 is 2.52 bits per heavy atom. The van der Waals surface area contributed by atoms with Crippen LogP contribution in [0.5, 0.6) is 0 Å². The van der Waals surface area contributed by atoms with Crippen LogP contribution in [-0.4, -0.2) is 24.9 Å². The van der Waals surface area contributed by atoms with Crippen molar-refractivity contribution < 1.29 is 4.79 Å². The number of hydrogen-bond donors (Lipinski definition) is 2. The van der Waals surface area contributed by atoms with E-state index in [1.54, 1.807) is 0 Å². The van der Waals surface area contributed by atoms with Crippen LogP contribution in [0.3, 0.4) is 0 Å². The van der Waals surface area contributed by atoms with Crippen molar-refractivity contribution in [3.8, 4) is 0 Å². The van der Waals surface area contributed by atoms with Gasteiger partial charge in [-0.1, -0.05) is 42.5 Å². The second-order valence-corrected chi connectivity index (χ2v) is 5.32. The highest BCUT2D eigenvalue weighted by molar-refractivity contribution is 5.95. The Bertz CT molecular complexity index is 596. The standard InChI is InChI=1S/C17H21N3O/c1-20(2)12-13-7-6-10-15(11-13)19-17(21)16(18)14-8-4-3-5-9-14/h3-11,16H,12,18H2,1-2H3,(H,19,21)/t16-/m0/s1. The lowest BCUT2D eigenvalue weighted by molar-refractivity contribution is -0.117. The van der Waals surface area contributed by atoms with Crippen molar-refractivity contribution in [1.82, 2.24) is 4.90 Å². The van der Waals surface area contributed by atoms with Gasteiger partial charge in [0, 0.05) is 12.2 Å². The highest BCUT2D eigenvalue weighted by Gasteiger charge is 2.15. The van der Waals surface area contributed by atoms with Crippen molar-refractivity contribution in [3.05, 3.63) is 65.7 Å². The lowest BCUT2D eigenvalue weighted by atomic mass is 10.1. The number of anilines is 1. The van der Waals surface area contributed by atoms with Crippen LogP contribution in [-0.2, 0) is 11.3 Å². The van der Waals surface area contributed by atoms with E-state index >= 15 is 0 Å². The van der Waals surface area contributed by atoms with Crippen molar-refractivity contribution in [2.24, 2.45) is 5.73 Å². The summed E-state index contributed by atoms with van der Waals surface area (Å²) in [6, 6.07) is 16.5. The third-order valence-electron chi connectivity index (χ3n) is 3.13. The molecule has 2 rings (SSSR count). The smallest absolute Gasteiger partial charge is 0.245 e. The molecule has 0 bridgehead atoms. The Hall–Kier alpha value is -2.17. The third kappa shape index (κ3) is 4.41. The Kier molecular flexibility index (Phi) is 5.09. The fourth-order valence-corrected chi connectivity index (χ4v) is 2.14. The van der Waals surface area contributed by atoms with E-state index in [9.17, 15) is 4.79 Å². The average Bonchev–Trinajstić information content (AvgIpc) is 2.47. The van der Waals surface area contributed by atoms with Gasteiger partial charge in [-0.25, -0.2) is 0 Å². The molecule has 1 amide bonds. The maximum atomic E-state index is 12.2. The minimum Gasteiger partial charge on any atom is -0.324 e. The summed E-state index contributed by atoms with van der Waals surface area (Å²) >= 11 is 0. The first-order chi connectivity index (χ1) is 10.1. The molecule has 3 N–H and O–H groups in total. The van der Waals surface area contributed by atoms with Crippen LogP contribution in [0.4, 0.5) is 5.69 Å². The van der Waals surface area contributed by atoms with Crippen LogP contribution in [0.1, 0.15) is 17.2 Å². The van der Waals surface area contributed by atoms with E-state index in [0.29, 0.717) is 0 Å². The average molecular weight is 283 g/mol. The van der Waals surface area contributed by atoms with E-state index in [2.05, 4.69) is 10.2 Å². The molecule has 0 aromatic heterocycles. The van der Waals surface area contributed by atoms with E-state index in [0.717, 1.165) is 23.4 Å². The van der Waals surface area contributed by atoms with Crippen LogP contribution >= 0.6 is 0 Å². The maximum Gasteiger partial charge on any atom is 0.245 e. The summed E-state index contributed by atoms with van der Waals surface area (Å²) in [7, 11) is 4.02. The topological polar surface area (TPSA) is 58.4 Å². The Labute approximate surface area is 125 Å². The van der Waals surface area contributed by atoms with E-state index in [1.165, 1.54) is 0 Å². The van der Waals surface area contributed by atoms with Gasteiger partial charge < -0.3 is 16.0 Å². The number of nitrogens with two attached hydrogens (primary N) is 1. The van der Waals surface area contributed by atoms with Gasteiger partial charge in [-0.15, -0.1) is 0 Å². The van der Waals surface area contributed by atoms with Gasteiger partial charge in [-0.2, -0.15) is 0 Å². The monoisotopic (exact) mass is 283 g/mol.